The Hall–Kier alpha value is -0.830. The molecule has 14 heavy (non-hydrogen) atoms. The van der Waals surface area contributed by atoms with Gasteiger partial charge in [-0.05, 0) is 34.5 Å². The van der Waals surface area contributed by atoms with Gasteiger partial charge in [-0.1, -0.05) is 26.0 Å². The number of hydrogen-bond donors (Lipinski definition) is 1. The summed E-state index contributed by atoms with van der Waals surface area (Å²) in [7, 11) is 0. The summed E-state index contributed by atoms with van der Waals surface area (Å²) < 4.78 is 0.914. The molecule has 0 heterocycles. The van der Waals surface area contributed by atoms with Gasteiger partial charge in [0, 0.05) is 10.4 Å². The van der Waals surface area contributed by atoms with E-state index in [0.29, 0.717) is 0 Å². The lowest BCUT2D eigenvalue weighted by atomic mass is 10.1. The van der Waals surface area contributed by atoms with Crippen molar-refractivity contribution in [3.05, 3.63) is 28.7 Å². The number of rotatable bonds is 3. The predicted molar refractivity (Wildman–Crippen MR) is 62.2 cm³/mol. The van der Waals surface area contributed by atoms with E-state index in [1.165, 1.54) is 0 Å². The third kappa shape index (κ3) is 2.84. The summed E-state index contributed by atoms with van der Waals surface area (Å²) in [5, 5.41) is 2.88. The maximum Gasteiger partial charge on any atom is 0.227 e. The fourth-order valence-corrected chi connectivity index (χ4v) is 1.39. The van der Waals surface area contributed by atoms with Gasteiger partial charge < -0.3 is 5.32 Å². The molecule has 1 atom stereocenters. The highest BCUT2D eigenvalue weighted by Gasteiger charge is 2.11. The number of carbonyl (C=O) groups is 1. The van der Waals surface area contributed by atoms with Gasteiger partial charge in [-0.3, -0.25) is 4.79 Å². The van der Waals surface area contributed by atoms with Crippen LogP contribution in [0.4, 0.5) is 5.69 Å². The van der Waals surface area contributed by atoms with Gasteiger partial charge >= 0.3 is 0 Å². The zero-order chi connectivity index (χ0) is 10.6. The largest absolute Gasteiger partial charge is 0.325 e. The highest BCUT2D eigenvalue weighted by molar-refractivity contribution is 9.10. The van der Waals surface area contributed by atoms with E-state index in [-0.39, 0.29) is 11.8 Å². The summed E-state index contributed by atoms with van der Waals surface area (Å²) in [6.07, 6.45) is 0.857. The number of amides is 1. The molecule has 0 unspecified atom stereocenters. The lowest BCUT2D eigenvalue weighted by Crippen LogP contribution is -2.19. The van der Waals surface area contributed by atoms with E-state index in [9.17, 15) is 4.79 Å². The van der Waals surface area contributed by atoms with E-state index in [4.69, 9.17) is 0 Å². The highest BCUT2D eigenvalue weighted by atomic mass is 79.9. The summed E-state index contributed by atoms with van der Waals surface area (Å²) in [5.41, 5.74) is 0.831. The van der Waals surface area contributed by atoms with E-state index >= 15 is 0 Å². The lowest BCUT2D eigenvalue weighted by Gasteiger charge is -2.10. The van der Waals surface area contributed by atoms with E-state index in [1.807, 2.05) is 38.1 Å². The molecule has 1 rings (SSSR count). The molecule has 0 aliphatic carbocycles. The molecule has 0 fully saturated rings. The molecule has 0 spiro atoms. The van der Waals surface area contributed by atoms with E-state index < -0.39 is 0 Å². The molecule has 0 saturated carbocycles. The Morgan fingerprint density at radius 2 is 2.14 bits per heavy atom. The molecule has 1 aromatic carbocycles. The molecule has 0 aliphatic heterocycles. The van der Waals surface area contributed by atoms with Crippen LogP contribution in [-0.4, -0.2) is 5.91 Å². The van der Waals surface area contributed by atoms with Gasteiger partial charge in [-0.15, -0.1) is 0 Å². The van der Waals surface area contributed by atoms with Crippen molar-refractivity contribution in [3.8, 4) is 0 Å². The number of hydrogen-bond acceptors (Lipinski definition) is 1. The monoisotopic (exact) mass is 255 g/mol. The molecule has 0 aromatic heterocycles. The quantitative estimate of drug-likeness (QED) is 0.881. The van der Waals surface area contributed by atoms with Crippen LogP contribution in [0.2, 0.25) is 0 Å². The molecule has 1 N–H and O–H groups in total. The molecular weight excluding hydrogens is 242 g/mol. The number of benzene rings is 1. The van der Waals surface area contributed by atoms with Crippen LogP contribution in [0, 0.1) is 5.92 Å². The zero-order valence-electron chi connectivity index (χ0n) is 8.38. The van der Waals surface area contributed by atoms with E-state index in [0.717, 1.165) is 16.6 Å². The Bertz CT molecular complexity index is 325. The Labute approximate surface area is 92.8 Å². The molecular formula is C11H14BrNO. The van der Waals surface area contributed by atoms with Crippen LogP contribution in [-0.2, 0) is 4.79 Å². The third-order valence-corrected chi connectivity index (χ3v) is 2.88. The van der Waals surface area contributed by atoms with Crippen molar-refractivity contribution in [3.63, 3.8) is 0 Å². The standard InChI is InChI=1S/C11H14BrNO/c1-3-8(2)11(14)13-10-7-5-4-6-9(10)12/h4-8H,3H2,1-2H3,(H,13,14)/t8-/m0/s1. The van der Waals surface area contributed by atoms with Crippen LogP contribution in [0.3, 0.4) is 0 Å². The number of anilines is 1. The second-order valence-corrected chi connectivity index (χ2v) is 4.13. The minimum atomic E-state index is 0.0575. The SMILES string of the molecule is CC[C@H](C)C(=O)Nc1ccccc1Br. The van der Waals surface area contributed by atoms with Gasteiger partial charge in [0.15, 0.2) is 0 Å². The summed E-state index contributed by atoms with van der Waals surface area (Å²) in [6.45, 7) is 3.93. The molecule has 3 heteroatoms. The van der Waals surface area contributed by atoms with E-state index in [1.54, 1.807) is 0 Å². The van der Waals surface area contributed by atoms with Crippen LogP contribution in [0.1, 0.15) is 20.3 Å². The summed E-state index contributed by atoms with van der Waals surface area (Å²) in [4.78, 5) is 11.6. The van der Waals surface area contributed by atoms with Gasteiger partial charge in [-0.2, -0.15) is 0 Å². The van der Waals surface area contributed by atoms with Crippen molar-refractivity contribution in [2.75, 3.05) is 5.32 Å². The minimum absolute atomic E-state index is 0.0575. The lowest BCUT2D eigenvalue weighted by molar-refractivity contribution is -0.119. The Morgan fingerprint density at radius 1 is 1.50 bits per heavy atom. The maximum atomic E-state index is 11.6. The average Bonchev–Trinajstić information content (AvgIpc) is 2.20. The molecule has 76 valence electrons. The van der Waals surface area contributed by atoms with Crippen molar-refractivity contribution in [2.24, 2.45) is 5.92 Å². The number of para-hydroxylation sites is 1. The fraction of sp³-hybridized carbons (Fsp3) is 0.364. The summed E-state index contributed by atoms with van der Waals surface area (Å²) in [5.74, 6) is 0.126. The number of halogens is 1. The van der Waals surface area contributed by atoms with Crippen LogP contribution in [0.5, 0.6) is 0 Å². The smallest absolute Gasteiger partial charge is 0.227 e. The normalized spacial score (nSPS) is 12.2. The first kappa shape index (κ1) is 11.2. The predicted octanol–water partition coefficient (Wildman–Crippen LogP) is 3.43. The number of nitrogens with one attached hydrogen (secondary N) is 1. The van der Waals surface area contributed by atoms with Crippen molar-refractivity contribution >= 4 is 27.5 Å². The molecule has 0 saturated heterocycles. The molecule has 2 nitrogen and oxygen atoms in total. The summed E-state index contributed by atoms with van der Waals surface area (Å²) >= 11 is 3.38. The van der Waals surface area contributed by atoms with Crippen LogP contribution >= 0.6 is 15.9 Å². The van der Waals surface area contributed by atoms with Crippen LogP contribution in [0.15, 0.2) is 28.7 Å². The Morgan fingerprint density at radius 3 is 2.71 bits per heavy atom. The van der Waals surface area contributed by atoms with Crippen molar-refractivity contribution in [1.82, 2.24) is 0 Å². The highest BCUT2D eigenvalue weighted by Crippen LogP contribution is 2.21. The van der Waals surface area contributed by atoms with Crippen molar-refractivity contribution < 1.29 is 4.79 Å². The average molecular weight is 256 g/mol. The molecule has 0 radical (unpaired) electrons. The first-order valence-corrected chi connectivity index (χ1v) is 5.49. The van der Waals surface area contributed by atoms with Gasteiger partial charge in [-0.25, -0.2) is 0 Å². The molecule has 1 amide bonds. The fourth-order valence-electron chi connectivity index (χ4n) is 1.00. The van der Waals surface area contributed by atoms with E-state index in [2.05, 4.69) is 21.2 Å². The summed E-state index contributed by atoms with van der Waals surface area (Å²) in [6, 6.07) is 7.61. The molecule has 1 aromatic rings. The zero-order valence-corrected chi connectivity index (χ0v) is 9.97. The maximum absolute atomic E-state index is 11.6. The van der Waals surface area contributed by atoms with Gasteiger partial charge in [0.05, 0.1) is 5.69 Å². The first-order valence-electron chi connectivity index (χ1n) is 4.70. The van der Waals surface area contributed by atoms with Gasteiger partial charge in [0.2, 0.25) is 5.91 Å². The van der Waals surface area contributed by atoms with Crippen molar-refractivity contribution in [2.45, 2.75) is 20.3 Å². The van der Waals surface area contributed by atoms with Crippen LogP contribution in [0.25, 0.3) is 0 Å². The Balaban J connectivity index is 2.70. The topological polar surface area (TPSA) is 29.1 Å². The second kappa shape index (κ2) is 5.15. The van der Waals surface area contributed by atoms with Gasteiger partial charge in [0.25, 0.3) is 0 Å². The molecule has 0 bridgehead atoms. The first-order chi connectivity index (χ1) is 6.65. The Kier molecular flexibility index (Phi) is 4.14. The number of carbonyl (C=O) groups excluding carboxylic acids is 1. The third-order valence-electron chi connectivity index (χ3n) is 2.19. The minimum Gasteiger partial charge on any atom is -0.325 e. The second-order valence-electron chi connectivity index (χ2n) is 3.28. The molecule has 0 aliphatic rings. The van der Waals surface area contributed by atoms with Gasteiger partial charge in [0.1, 0.15) is 0 Å². The van der Waals surface area contributed by atoms with Crippen molar-refractivity contribution in [1.29, 1.82) is 0 Å². The van der Waals surface area contributed by atoms with Crippen LogP contribution < -0.4 is 5.32 Å².